The van der Waals surface area contributed by atoms with Gasteiger partial charge < -0.3 is 0 Å². The van der Waals surface area contributed by atoms with Gasteiger partial charge in [-0.3, -0.25) is 0 Å². The maximum Gasteiger partial charge on any atom is 0.122 e. The molecule has 0 aliphatic rings. The van der Waals surface area contributed by atoms with Gasteiger partial charge in [0.25, 0.3) is 0 Å². The Kier molecular flexibility index (Phi) is 3.29. The average molecular weight is 180 g/mol. The molecule has 0 radical (unpaired) electrons. The van der Waals surface area contributed by atoms with Crippen LogP contribution in [0.5, 0.6) is 0 Å². The van der Waals surface area contributed by atoms with Crippen LogP contribution >= 0.6 is 11.8 Å². The second-order valence-electron chi connectivity index (χ2n) is 2.56. The van der Waals surface area contributed by atoms with E-state index >= 15 is 0 Å². The van der Waals surface area contributed by atoms with Gasteiger partial charge in [-0.05, 0) is 25.0 Å². The summed E-state index contributed by atoms with van der Waals surface area (Å²) in [6, 6.07) is 0. The first-order valence-corrected chi connectivity index (χ1v) is 4.77. The standard InChI is InChI=1S/C9H12N2S/c1-4-5-12-9-8(3)7(2)6-10-11-9/h4,6H,1,5H2,2-3H3. The van der Waals surface area contributed by atoms with Gasteiger partial charge in [0.1, 0.15) is 5.03 Å². The van der Waals surface area contributed by atoms with Crippen LogP contribution in [0.3, 0.4) is 0 Å². The fourth-order valence-electron chi connectivity index (χ4n) is 0.783. The van der Waals surface area contributed by atoms with Gasteiger partial charge in [0, 0.05) is 5.75 Å². The molecule has 0 fully saturated rings. The molecule has 3 heteroatoms. The Morgan fingerprint density at radius 2 is 2.33 bits per heavy atom. The van der Waals surface area contributed by atoms with Crippen LogP contribution in [0.25, 0.3) is 0 Å². The van der Waals surface area contributed by atoms with Gasteiger partial charge in [0.2, 0.25) is 0 Å². The monoisotopic (exact) mass is 180 g/mol. The summed E-state index contributed by atoms with van der Waals surface area (Å²) in [6.07, 6.45) is 3.65. The van der Waals surface area contributed by atoms with Crippen molar-refractivity contribution in [3.8, 4) is 0 Å². The third kappa shape index (κ3) is 2.08. The summed E-state index contributed by atoms with van der Waals surface area (Å²) in [6.45, 7) is 7.77. The van der Waals surface area contributed by atoms with Crippen molar-refractivity contribution in [3.63, 3.8) is 0 Å². The zero-order chi connectivity index (χ0) is 8.97. The van der Waals surface area contributed by atoms with Gasteiger partial charge >= 0.3 is 0 Å². The van der Waals surface area contributed by atoms with Crippen LogP contribution < -0.4 is 0 Å². The number of aromatic nitrogens is 2. The number of nitrogens with zero attached hydrogens (tertiary/aromatic N) is 2. The van der Waals surface area contributed by atoms with Crippen LogP contribution in [0, 0.1) is 13.8 Å². The van der Waals surface area contributed by atoms with Gasteiger partial charge in [0.15, 0.2) is 0 Å². The Morgan fingerprint density at radius 1 is 1.58 bits per heavy atom. The maximum atomic E-state index is 4.04. The molecule has 0 aliphatic heterocycles. The fourth-order valence-corrected chi connectivity index (χ4v) is 1.54. The topological polar surface area (TPSA) is 25.8 Å². The van der Waals surface area contributed by atoms with E-state index in [2.05, 4.69) is 23.7 Å². The predicted molar refractivity (Wildman–Crippen MR) is 52.4 cm³/mol. The summed E-state index contributed by atoms with van der Waals surface area (Å²) < 4.78 is 0. The van der Waals surface area contributed by atoms with Crippen molar-refractivity contribution < 1.29 is 0 Å². The van der Waals surface area contributed by atoms with Crippen LogP contribution in [-0.2, 0) is 0 Å². The first-order valence-electron chi connectivity index (χ1n) is 3.78. The molecule has 1 aromatic rings. The third-order valence-corrected chi connectivity index (χ3v) is 2.71. The van der Waals surface area contributed by atoms with E-state index in [-0.39, 0.29) is 0 Å². The van der Waals surface area contributed by atoms with Crippen LogP contribution in [0.2, 0.25) is 0 Å². The number of hydrogen-bond donors (Lipinski definition) is 0. The minimum Gasteiger partial charge on any atom is -0.158 e. The highest BCUT2D eigenvalue weighted by atomic mass is 32.2. The lowest BCUT2D eigenvalue weighted by Gasteiger charge is -2.03. The quantitative estimate of drug-likeness (QED) is 0.527. The molecular formula is C9H12N2S. The molecule has 0 aliphatic carbocycles. The van der Waals surface area contributed by atoms with Crippen molar-refractivity contribution in [2.45, 2.75) is 18.9 Å². The van der Waals surface area contributed by atoms with Crippen molar-refractivity contribution in [2.24, 2.45) is 0 Å². The van der Waals surface area contributed by atoms with Crippen LogP contribution in [0.4, 0.5) is 0 Å². The van der Waals surface area contributed by atoms with Crippen molar-refractivity contribution >= 4 is 11.8 Å². The van der Waals surface area contributed by atoms with Crippen molar-refractivity contribution in [1.29, 1.82) is 0 Å². The first-order chi connectivity index (χ1) is 5.75. The molecule has 0 bridgehead atoms. The Morgan fingerprint density at radius 3 is 3.00 bits per heavy atom. The SMILES string of the molecule is C=CCSc1nncc(C)c1C. The normalized spacial score (nSPS) is 9.83. The van der Waals surface area contributed by atoms with E-state index in [0.29, 0.717) is 0 Å². The molecule has 1 rings (SSSR count). The molecule has 0 amide bonds. The Labute approximate surface area is 77.1 Å². The van der Waals surface area contributed by atoms with Crippen LogP contribution in [-0.4, -0.2) is 16.0 Å². The lowest BCUT2D eigenvalue weighted by atomic mass is 10.2. The molecule has 12 heavy (non-hydrogen) atoms. The summed E-state index contributed by atoms with van der Waals surface area (Å²) in [7, 11) is 0. The molecular weight excluding hydrogens is 168 g/mol. The highest BCUT2D eigenvalue weighted by Gasteiger charge is 2.01. The highest BCUT2D eigenvalue weighted by Crippen LogP contribution is 2.20. The molecule has 0 unspecified atom stereocenters. The molecule has 1 aromatic heterocycles. The average Bonchev–Trinajstić information content (AvgIpc) is 2.08. The molecule has 0 spiro atoms. The second-order valence-corrected chi connectivity index (χ2v) is 3.57. The number of hydrogen-bond acceptors (Lipinski definition) is 3. The van der Waals surface area contributed by atoms with E-state index in [1.807, 2.05) is 13.0 Å². The summed E-state index contributed by atoms with van der Waals surface area (Å²) in [5.74, 6) is 0.888. The van der Waals surface area contributed by atoms with Gasteiger partial charge in [-0.2, -0.15) is 5.10 Å². The Bertz CT molecular complexity index is 284. The molecule has 0 atom stereocenters. The number of rotatable bonds is 3. The minimum absolute atomic E-state index is 0.888. The van der Waals surface area contributed by atoms with Crippen molar-refractivity contribution in [3.05, 3.63) is 30.0 Å². The first kappa shape index (κ1) is 9.26. The van der Waals surface area contributed by atoms with Gasteiger partial charge in [-0.25, -0.2) is 0 Å². The highest BCUT2D eigenvalue weighted by molar-refractivity contribution is 7.99. The van der Waals surface area contributed by atoms with Gasteiger partial charge in [-0.1, -0.05) is 6.08 Å². The predicted octanol–water partition coefficient (Wildman–Crippen LogP) is 2.37. The molecule has 1 heterocycles. The lowest BCUT2D eigenvalue weighted by Crippen LogP contribution is -1.92. The molecule has 0 saturated carbocycles. The zero-order valence-corrected chi connectivity index (χ0v) is 8.19. The smallest absolute Gasteiger partial charge is 0.122 e. The molecule has 0 saturated heterocycles. The summed E-state index contributed by atoms with van der Waals surface area (Å²) in [4.78, 5) is 0. The molecule has 0 aromatic carbocycles. The van der Waals surface area contributed by atoms with E-state index in [1.54, 1.807) is 18.0 Å². The molecule has 0 N–H and O–H groups in total. The molecule has 2 nitrogen and oxygen atoms in total. The van der Waals surface area contributed by atoms with E-state index < -0.39 is 0 Å². The summed E-state index contributed by atoms with van der Waals surface area (Å²) in [5.41, 5.74) is 2.41. The zero-order valence-electron chi connectivity index (χ0n) is 7.37. The summed E-state index contributed by atoms with van der Waals surface area (Å²) >= 11 is 1.67. The second kappa shape index (κ2) is 4.26. The molecule has 64 valence electrons. The van der Waals surface area contributed by atoms with Crippen LogP contribution in [0.15, 0.2) is 23.9 Å². The Balaban J connectivity index is 2.84. The van der Waals surface area contributed by atoms with Gasteiger partial charge in [-0.15, -0.1) is 23.4 Å². The van der Waals surface area contributed by atoms with Crippen molar-refractivity contribution in [2.75, 3.05) is 5.75 Å². The third-order valence-electron chi connectivity index (χ3n) is 1.65. The number of thioether (sulfide) groups is 1. The van der Waals surface area contributed by atoms with E-state index in [0.717, 1.165) is 10.8 Å². The number of aryl methyl sites for hydroxylation is 1. The maximum absolute atomic E-state index is 4.04. The van der Waals surface area contributed by atoms with Crippen molar-refractivity contribution in [1.82, 2.24) is 10.2 Å². The summed E-state index contributed by atoms with van der Waals surface area (Å²) in [5, 5.41) is 8.94. The van der Waals surface area contributed by atoms with E-state index in [4.69, 9.17) is 0 Å². The lowest BCUT2D eigenvalue weighted by molar-refractivity contribution is 0.891. The van der Waals surface area contributed by atoms with E-state index in [9.17, 15) is 0 Å². The fraction of sp³-hybridized carbons (Fsp3) is 0.333. The minimum atomic E-state index is 0.888. The Hall–Kier alpha value is -0.830. The van der Waals surface area contributed by atoms with Gasteiger partial charge in [0.05, 0.1) is 6.20 Å². The van der Waals surface area contributed by atoms with E-state index in [1.165, 1.54) is 11.1 Å². The largest absolute Gasteiger partial charge is 0.158 e. The van der Waals surface area contributed by atoms with Crippen LogP contribution in [0.1, 0.15) is 11.1 Å².